The number of ether oxygens (including phenoxy) is 1. The second kappa shape index (κ2) is 8.47. The Morgan fingerprint density at radius 1 is 1.31 bits per heavy atom. The zero-order valence-electron chi connectivity index (χ0n) is 16.8. The summed E-state index contributed by atoms with van der Waals surface area (Å²) in [5.74, 6) is 0.329. The summed E-state index contributed by atoms with van der Waals surface area (Å²) >= 11 is 1.63. The van der Waals surface area contributed by atoms with Crippen molar-refractivity contribution in [2.75, 3.05) is 20.3 Å². The van der Waals surface area contributed by atoms with Gasteiger partial charge < -0.3 is 10.1 Å². The molecule has 1 amide bonds. The summed E-state index contributed by atoms with van der Waals surface area (Å²) in [7, 11) is 1.59. The van der Waals surface area contributed by atoms with E-state index >= 15 is 0 Å². The van der Waals surface area contributed by atoms with Crippen LogP contribution in [0, 0.1) is 6.92 Å². The second-order valence-electron chi connectivity index (χ2n) is 7.43. The van der Waals surface area contributed by atoms with Gasteiger partial charge in [0.2, 0.25) is 5.91 Å². The van der Waals surface area contributed by atoms with Crippen molar-refractivity contribution in [1.29, 1.82) is 0 Å². The average Bonchev–Trinajstić information content (AvgIpc) is 3.09. The number of rotatable bonds is 6. The number of fused-ring (bicyclic) bond motifs is 3. The first-order chi connectivity index (χ1) is 14.1. The van der Waals surface area contributed by atoms with Crippen LogP contribution in [0.5, 0.6) is 0 Å². The zero-order valence-corrected chi connectivity index (χ0v) is 17.6. The molecule has 0 radical (unpaired) electrons. The van der Waals surface area contributed by atoms with Gasteiger partial charge in [-0.3, -0.25) is 14.2 Å². The number of hydrogen-bond acceptors (Lipinski definition) is 5. The number of nitrogens with one attached hydrogen (secondary N) is 1. The smallest absolute Gasteiger partial charge is 0.263 e. The number of benzene rings is 1. The van der Waals surface area contributed by atoms with Crippen molar-refractivity contribution in [2.45, 2.75) is 39.2 Å². The number of carbonyl (C=O) groups is 1. The van der Waals surface area contributed by atoms with Gasteiger partial charge in [0.15, 0.2) is 0 Å². The van der Waals surface area contributed by atoms with Crippen LogP contribution < -0.4 is 10.9 Å². The number of amides is 1. The first-order valence-electron chi connectivity index (χ1n) is 9.96. The number of aryl methyl sites for hydroxylation is 3. The molecule has 0 spiro atoms. The van der Waals surface area contributed by atoms with Crippen LogP contribution in [0.4, 0.5) is 0 Å². The third-order valence-electron chi connectivity index (χ3n) is 5.28. The molecule has 29 heavy (non-hydrogen) atoms. The standard InChI is InChI=1S/C22H25N3O3S/c1-14-6-5-7-15(12-14)20-24-21-19(16-8-3-4-9-17(16)29-21)22(27)25(20)13-18(26)23-10-11-28-2/h5-7,12H,3-4,8-11,13H2,1-2H3,(H,23,26). The molecule has 1 N–H and O–H groups in total. The highest BCUT2D eigenvalue weighted by Gasteiger charge is 2.23. The topological polar surface area (TPSA) is 73.2 Å². The summed E-state index contributed by atoms with van der Waals surface area (Å²) in [6.07, 6.45) is 4.17. The summed E-state index contributed by atoms with van der Waals surface area (Å²) in [6, 6.07) is 7.89. The molecule has 1 aliphatic carbocycles. The van der Waals surface area contributed by atoms with E-state index in [9.17, 15) is 9.59 Å². The van der Waals surface area contributed by atoms with E-state index in [0.29, 0.717) is 24.4 Å². The van der Waals surface area contributed by atoms with Gasteiger partial charge in [0, 0.05) is 24.1 Å². The molecule has 4 rings (SSSR count). The average molecular weight is 412 g/mol. The third kappa shape index (κ3) is 3.97. The van der Waals surface area contributed by atoms with E-state index in [1.54, 1.807) is 18.4 Å². The molecule has 7 heteroatoms. The predicted molar refractivity (Wildman–Crippen MR) is 116 cm³/mol. The van der Waals surface area contributed by atoms with Gasteiger partial charge >= 0.3 is 0 Å². The van der Waals surface area contributed by atoms with Crippen LogP contribution in [-0.2, 0) is 28.9 Å². The minimum absolute atomic E-state index is 0.0562. The molecule has 152 valence electrons. The lowest BCUT2D eigenvalue weighted by atomic mass is 9.97. The Balaban J connectivity index is 1.85. The van der Waals surface area contributed by atoms with E-state index in [1.807, 2.05) is 31.2 Å². The van der Waals surface area contributed by atoms with Crippen molar-refractivity contribution < 1.29 is 9.53 Å². The summed E-state index contributed by atoms with van der Waals surface area (Å²) in [5, 5.41) is 3.50. The van der Waals surface area contributed by atoms with Gasteiger partial charge in [0.1, 0.15) is 17.2 Å². The minimum Gasteiger partial charge on any atom is -0.383 e. The minimum atomic E-state index is -0.219. The number of methoxy groups -OCH3 is 1. The molecule has 0 unspecified atom stereocenters. The van der Waals surface area contributed by atoms with Gasteiger partial charge in [-0.1, -0.05) is 23.8 Å². The van der Waals surface area contributed by atoms with E-state index in [1.165, 1.54) is 9.44 Å². The van der Waals surface area contributed by atoms with Gasteiger partial charge in [-0.25, -0.2) is 4.98 Å². The Kier molecular flexibility index (Phi) is 5.78. The van der Waals surface area contributed by atoms with Crippen LogP contribution >= 0.6 is 11.3 Å². The molecule has 1 aliphatic rings. The zero-order chi connectivity index (χ0) is 20.4. The highest BCUT2D eigenvalue weighted by Crippen LogP contribution is 2.34. The van der Waals surface area contributed by atoms with Crippen molar-refractivity contribution in [2.24, 2.45) is 0 Å². The van der Waals surface area contributed by atoms with Crippen LogP contribution in [0.3, 0.4) is 0 Å². The number of thiophene rings is 1. The molecule has 0 fully saturated rings. The monoisotopic (exact) mass is 411 g/mol. The quantitative estimate of drug-likeness (QED) is 0.633. The van der Waals surface area contributed by atoms with Crippen LogP contribution in [0.1, 0.15) is 28.8 Å². The number of aromatic nitrogens is 2. The summed E-state index contributed by atoms with van der Waals surface area (Å²) in [4.78, 5) is 33.0. The lowest BCUT2D eigenvalue weighted by Crippen LogP contribution is -2.35. The largest absolute Gasteiger partial charge is 0.383 e. The molecule has 0 atom stereocenters. The maximum Gasteiger partial charge on any atom is 0.263 e. The van der Waals surface area contributed by atoms with Crippen molar-refractivity contribution in [3.05, 3.63) is 50.6 Å². The Morgan fingerprint density at radius 3 is 2.93 bits per heavy atom. The van der Waals surface area contributed by atoms with Gasteiger partial charge in [0.25, 0.3) is 5.56 Å². The van der Waals surface area contributed by atoms with Gasteiger partial charge in [-0.2, -0.15) is 0 Å². The van der Waals surface area contributed by atoms with Crippen molar-refractivity contribution in [1.82, 2.24) is 14.9 Å². The number of carbonyl (C=O) groups excluding carboxylic acids is 1. The van der Waals surface area contributed by atoms with Crippen LogP contribution in [0.25, 0.3) is 21.6 Å². The fourth-order valence-electron chi connectivity index (χ4n) is 3.88. The number of hydrogen-bond donors (Lipinski definition) is 1. The Morgan fingerprint density at radius 2 is 2.14 bits per heavy atom. The van der Waals surface area contributed by atoms with E-state index in [-0.39, 0.29) is 18.0 Å². The van der Waals surface area contributed by atoms with E-state index < -0.39 is 0 Å². The van der Waals surface area contributed by atoms with E-state index in [4.69, 9.17) is 9.72 Å². The predicted octanol–water partition coefficient (Wildman–Crippen LogP) is 3.07. The first kappa shape index (κ1) is 19.8. The van der Waals surface area contributed by atoms with Gasteiger partial charge in [0.05, 0.1) is 12.0 Å². The van der Waals surface area contributed by atoms with Crippen molar-refractivity contribution >= 4 is 27.5 Å². The summed E-state index contributed by atoms with van der Waals surface area (Å²) < 4.78 is 6.52. The molecule has 2 heterocycles. The first-order valence-corrected chi connectivity index (χ1v) is 10.8. The molecule has 0 bridgehead atoms. The molecular formula is C22H25N3O3S. The van der Waals surface area contributed by atoms with Crippen molar-refractivity contribution in [3.63, 3.8) is 0 Å². The van der Waals surface area contributed by atoms with E-state index in [0.717, 1.165) is 47.2 Å². The Hall–Kier alpha value is -2.51. The number of nitrogens with zero attached hydrogens (tertiary/aromatic N) is 2. The second-order valence-corrected chi connectivity index (χ2v) is 8.51. The molecule has 3 aromatic rings. The molecule has 6 nitrogen and oxygen atoms in total. The molecule has 0 aliphatic heterocycles. The van der Waals surface area contributed by atoms with Crippen LogP contribution in [-0.4, -0.2) is 35.7 Å². The molecular weight excluding hydrogens is 386 g/mol. The normalized spacial score (nSPS) is 13.4. The fourth-order valence-corrected chi connectivity index (χ4v) is 5.13. The Bertz CT molecular complexity index is 1120. The highest BCUT2D eigenvalue weighted by atomic mass is 32.1. The summed E-state index contributed by atoms with van der Waals surface area (Å²) in [5.41, 5.74) is 2.95. The molecule has 2 aromatic heterocycles. The SMILES string of the molecule is COCCNC(=O)Cn1c(-c2cccc(C)c2)nc2sc3c(c2c1=O)CCCC3. The molecule has 1 aromatic carbocycles. The highest BCUT2D eigenvalue weighted by molar-refractivity contribution is 7.18. The van der Waals surface area contributed by atoms with Crippen LogP contribution in [0.2, 0.25) is 0 Å². The fraction of sp³-hybridized carbons (Fsp3) is 0.409. The lowest BCUT2D eigenvalue weighted by molar-refractivity contribution is -0.121. The molecule has 0 saturated heterocycles. The molecule has 0 saturated carbocycles. The summed E-state index contributed by atoms with van der Waals surface area (Å²) in [6.45, 7) is 2.79. The Labute approximate surface area is 173 Å². The third-order valence-corrected chi connectivity index (χ3v) is 6.47. The van der Waals surface area contributed by atoms with Crippen LogP contribution in [0.15, 0.2) is 29.1 Å². The van der Waals surface area contributed by atoms with E-state index in [2.05, 4.69) is 5.32 Å². The maximum atomic E-state index is 13.5. The van der Waals surface area contributed by atoms with Gasteiger partial charge in [-0.05, 0) is 44.2 Å². The maximum absolute atomic E-state index is 13.5. The van der Waals surface area contributed by atoms with Crippen molar-refractivity contribution in [3.8, 4) is 11.4 Å². The van der Waals surface area contributed by atoms with Gasteiger partial charge in [-0.15, -0.1) is 11.3 Å². The lowest BCUT2D eigenvalue weighted by Gasteiger charge is -2.14.